The van der Waals surface area contributed by atoms with Gasteiger partial charge in [0.15, 0.2) is 0 Å². The Labute approximate surface area is 143 Å². The van der Waals surface area contributed by atoms with Crippen LogP contribution in [0.2, 0.25) is 0 Å². The summed E-state index contributed by atoms with van der Waals surface area (Å²) < 4.78 is 19.3. The van der Waals surface area contributed by atoms with Crippen LogP contribution in [0.3, 0.4) is 0 Å². The summed E-state index contributed by atoms with van der Waals surface area (Å²) in [4.78, 5) is 23.2. The summed E-state index contributed by atoms with van der Waals surface area (Å²) in [5.41, 5.74) is 0.0806. The van der Waals surface area contributed by atoms with Gasteiger partial charge in [0.1, 0.15) is 11.9 Å². The predicted molar refractivity (Wildman–Crippen MR) is 87.7 cm³/mol. The van der Waals surface area contributed by atoms with Crippen molar-refractivity contribution in [3.63, 3.8) is 0 Å². The fourth-order valence-corrected chi connectivity index (χ4v) is 2.22. The third-order valence-corrected chi connectivity index (χ3v) is 3.71. The van der Waals surface area contributed by atoms with E-state index in [-0.39, 0.29) is 25.0 Å². The number of carboxylic acids is 1. The number of nitrogens with one attached hydrogen (secondary N) is 1. The van der Waals surface area contributed by atoms with Crippen LogP contribution in [-0.2, 0) is 20.7 Å². The molecule has 0 aliphatic heterocycles. The van der Waals surface area contributed by atoms with Crippen LogP contribution in [0.15, 0.2) is 22.7 Å². The maximum absolute atomic E-state index is 13.2. The zero-order valence-electron chi connectivity index (χ0n) is 13.4. The number of carbonyl (C=O) groups excluding carboxylic acids is 1. The number of benzene rings is 1. The first-order valence-electron chi connectivity index (χ1n) is 7.18. The highest BCUT2D eigenvalue weighted by atomic mass is 79.9. The Balaban J connectivity index is 2.60. The average Bonchev–Trinajstić information content (AvgIpc) is 2.40. The SMILES string of the molecule is CC(C)(C)OCCC(NC(=O)Cc1cc(F)ccc1Br)C(=O)O. The summed E-state index contributed by atoms with van der Waals surface area (Å²) in [7, 11) is 0. The lowest BCUT2D eigenvalue weighted by atomic mass is 10.1. The van der Waals surface area contributed by atoms with E-state index in [1.54, 1.807) is 0 Å². The molecule has 1 atom stereocenters. The van der Waals surface area contributed by atoms with Gasteiger partial charge < -0.3 is 15.2 Å². The zero-order valence-corrected chi connectivity index (χ0v) is 14.9. The molecule has 1 aromatic rings. The first-order valence-corrected chi connectivity index (χ1v) is 7.98. The van der Waals surface area contributed by atoms with Gasteiger partial charge in [-0.2, -0.15) is 0 Å². The van der Waals surface area contributed by atoms with Gasteiger partial charge in [-0.05, 0) is 44.5 Å². The molecule has 128 valence electrons. The van der Waals surface area contributed by atoms with Crippen LogP contribution in [-0.4, -0.2) is 35.2 Å². The topological polar surface area (TPSA) is 75.6 Å². The minimum atomic E-state index is -1.13. The maximum Gasteiger partial charge on any atom is 0.326 e. The Morgan fingerprint density at radius 1 is 1.39 bits per heavy atom. The second-order valence-corrected chi connectivity index (χ2v) is 6.97. The van der Waals surface area contributed by atoms with Crippen molar-refractivity contribution in [1.82, 2.24) is 5.32 Å². The van der Waals surface area contributed by atoms with Gasteiger partial charge in [-0.15, -0.1) is 0 Å². The number of hydrogen-bond donors (Lipinski definition) is 2. The number of hydrogen-bond acceptors (Lipinski definition) is 3. The molecule has 0 heterocycles. The van der Waals surface area contributed by atoms with E-state index in [1.165, 1.54) is 18.2 Å². The third kappa shape index (κ3) is 7.56. The molecule has 0 spiro atoms. The molecule has 0 saturated heterocycles. The van der Waals surface area contributed by atoms with Gasteiger partial charge in [-0.25, -0.2) is 9.18 Å². The van der Waals surface area contributed by atoms with Crippen molar-refractivity contribution in [2.24, 2.45) is 0 Å². The molecule has 23 heavy (non-hydrogen) atoms. The van der Waals surface area contributed by atoms with E-state index in [1.807, 2.05) is 20.8 Å². The first kappa shape index (κ1) is 19.6. The van der Waals surface area contributed by atoms with Gasteiger partial charge in [-0.3, -0.25) is 4.79 Å². The van der Waals surface area contributed by atoms with E-state index in [2.05, 4.69) is 21.2 Å². The van der Waals surface area contributed by atoms with Crippen molar-refractivity contribution in [1.29, 1.82) is 0 Å². The van der Waals surface area contributed by atoms with Crippen LogP contribution in [0.25, 0.3) is 0 Å². The van der Waals surface area contributed by atoms with Gasteiger partial charge in [0.2, 0.25) is 5.91 Å². The minimum Gasteiger partial charge on any atom is -0.480 e. The molecule has 0 bridgehead atoms. The molecular formula is C16H21BrFNO4. The Morgan fingerprint density at radius 3 is 2.61 bits per heavy atom. The lowest BCUT2D eigenvalue weighted by molar-refractivity contribution is -0.142. The molecule has 1 amide bonds. The van der Waals surface area contributed by atoms with E-state index < -0.39 is 23.7 Å². The highest BCUT2D eigenvalue weighted by Gasteiger charge is 2.21. The number of carboxylic acid groups (broad SMARTS) is 1. The van der Waals surface area contributed by atoms with Crippen LogP contribution >= 0.6 is 15.9 Å². The van der Waals surface area contributed by atoms with E-state index in [9.17, 15) is 19.1 Å². The smallest absolute Gasteiger partial charge is 0.326 e. The zero-order chi connectivity index (χ0) is 17.6. The third-order valence-electron chi connectivity index (χ3n) is 2.93. The molecule has 0 aliphatic carbocycles. The summed E-state index contributed by atoms with van der Waals surface area (Å²) in [5, 5.41) is 11.6. The molecule has 0 aliphatic rings. The lowest BCUT2D eigenvalue weighted by Gasteiger charge is -2.21. The van der Waals surface area contributed by atoms with Gasteiger partial charge in [0.25, 0.3) is 0 Å². The fourth-order valence-electron chi connectivity index (χ4n) is 1.84. The molecule has 7 heteroatoms. The Morgan fingerprint density at radius 2 is 2.04 bits per heavy atom. The number of rotatable bonds is 7. The summed E-state index contributed by atoms with van der Waals surface area (Å²) >= 11 is 3.23. The van der Waals surface area contributed by atoms with Gasteiger partial charge in [-0.1, -0.05) is 15.9 Å². The molecule has 1 rings (SSSR count). The first-order chi connectivity index (χ1) is 10.6. The monoisotopic (exact) mass is 389 g/mol. The molecule has 2 N–H and O–H groups in total. The predicted octanol–water partition coefficient (Wildman–Crippen LogP) is 2.91. The minimum absolute atomic E-state index is 0.109. The van der Waals surface area contributed by atoms with Crippen molar-refractivity contribution in [2.45, 2.75) is 45.3 Å². The van der Waals surface area contributed by atoms with Crippen molar-refractivity contribution < 1.29 is 23.8 Å². The quantitative estimate of drug-likeness (QED) is 0.751. The summed E-state index contributed by atoms with van der Waals surface area (Å²) in [5.74, 6) is -2.07. The van der Waals surface area contributed by atoms with E-state index in [0.29, 0.717) is 10.0 Å². The van der Waals surface area contributed by atoms with E-state index in [4.69, 9.17) is 4.74 Å². The number of ether oxygens (including phenoxy) is 1. The normalized spacial score (nSPS) is 12.7. The van der Waals surface area contributed by atoms with Crippen LogP contribution in [0.4, 0.5) is 4.39 Å². The van der Waals surface area contributed by atoms with Crippen molar-refractivity contribution >= 4 is 27.8 Å². The fraction of sp³-hybridized carbons (Fsp3) is 0.500. The van der Waals surface area contributed by atoms with Crippen LogP contribution < -0.4 is 5.32 Å². The summed E-state index contributed by atoms with van der Waals surface area (Å²) in [6.07, 6.45) is 0.0465. The lowest BCUT2D eigenvalue weighted by Crippen LogP contribution is -2.42. The van der Waals surface area contributed by atoms with Crippen molar-refractivity contribution in [3.05, 3.63) is 34.1 Å². The highest BCUT2D eigenvalue weighted by Crippen LogP contribution is 2.18. The van der Waals surface area contributed by atoms with E-state index in [0.717, 1.165) is 0 Å². The molecule has 0 fully saturated rings. The summed E-state index contributed by atoms with van der Waals surface area (Å²) in [6.45, 7) is 5.80. The van der Waals surface area contributed by atoms with Crippen molar-refractivity contribution in [2.75, 3.05) is 6.61 Å². The average molecular weight is 390 g/mol. The maximum atomic E-state index is 13.2. The standard InChI is InChI=1S/C16H21BrFNO4/c1-16(2,3)23-7-6-13(15(21)22)19-14(20)9-10-8-11(18)4-5-12(10)17/h4-5,8,13H,6-7,9H2,1-3H3,(H,19,20)(H,21,22). The van der Waals surface area contributed by atoms with Crippen LogP contribution in [0, 0.1) is 5.82 Å². The van der Waals surface area contributed by atoms with Gasteiger partial charge in [0, 0.05) is 17.5 Å². The Bertz CT molecular complexity index is 572. The molecule has 5 nitrogen and oxygen atoms in total. The van der Waals surface area contributed by atoms with Gasteiger partial charge in [0.05, 0.1) is 12.0 Å². The van der Waals surface area contributed by atoms with E-state index >= 15 is 0 Å². The van der Waals surface area contributed by atoms with Crippen LogP contribution in [0.1, 0.15) is 32.8 Å². The number of halogens is 2. The highest BCUT2D eigenvalue weighted by molar-refractivity contribution is 9.10. The number of amides is 1. The molecule has 0 radical (unpaired) electrons. The molecular weight excluding hydrogens is 369 g/mol. The van der Waals surface area contributed by atoms with Gasteiger partial charge >= 0.3 is 5.97 Å². The molecule has 1 aromatic carbocycles. The largest absolute Gasteiger partial charge is 0.480 e. The Hall–Kier alpha value is -1.47. The second-order valence-electron chi connectivity index (χ2n) is 6.12. The number of aliphatic carboxylic acids is 1. The molecule has 1 unspecified atom stereocenters. The Kier molecular flexibility index (Phi) is 7.15. The molecule has 0 aromatic heterocycles. The van der Waals surface area contributed by atoms with Crippen molar-refractivity contribution in [3.8, 4) is 0 Å². The summed E-state index contributed by atoms with van der Waals surface area (Å²) in [6, 6.07) is 2.97. The second kappa shape index (κ2) is 8.40. The molecule has 0 saturated carbocycles. The van der Waals surface area contributed by atoms with Crippen LogP contribution in [0.5, 0.6) is 0 Å². The number of carbonyl (C=O) groups is 2.